The topological polar surface area (TPSA) is 75.1 Å². The van der Waals surface area contributed by atoms with Crippen molar-refractivity contribution in [3.63, 3.8) is 0 Å². The summed E-state index contributed by atoms with van der Waals surface area (Å²) in [6.45, 7) is 0. The zero-order valence-electron chi connectivity index (χ0n) is 16.4. The van der Waals surface area contributed by atoms with E-state index in [9.17, 15) is 13.6 Å². The van der Waals surface area contributed by atoms with Crippen LogP contribution in [0.1, 0.15) is 42.7 Å². The molecular weight excluding hydrogens is 406 g/mol. The van der Waals surface area contributed by atoms with Crippen molar-refractivity contribution >= 4 is 11.0 Å². The van der Waals surface area contributed by atoms with Gasteiger partial charge in [-0.05, 0) is 41.4 Å². The lowest BCUT2D eigenvalue weighted by Crippen LogP contribution is -2.41. The molecule has 7 nitrogen and oxygen atoms in total. The van der Waals surface area contributed by atoms with Crippen molar-refractivity contribution in [2.45, 2.75) is 43.9 Å². The number of hydrogen-bond acceptors (Lipinski definition) is 5. The van der Waals surface area contributed by atoms with Crippen LogP contribution in [0.25, 0.3) is 11.0 Å². The monoisotopic (exact) mass is 424 g/mol. The number of ether oxygens (including phenoxy) is 1. The van der Waals surface area contributed by atoms with Gasteiger partial charge in [-0.3, -0.25) is 4.57 Å². The Morgan fingerprint density at radius 1 is 1.10 bits per heavy atom. The Morgan fingerprint density at radius 3 is 2.68 bits per heavy atom. The maximum Gasteiger partial charge on any atom is 0.346 e. The first-order valence-corrected chi connectivity index (χ1v) is 10.2. The Balaban J connectivity index is 1.21. The van der Waals surface area contributed by atoms with Gasteiger partial charge in [0.15, 0.2) is 5.58 Å². The predicted molar refractivity (Wildman–Crippen MR) is 106 cm³/mol. The fourth-order valence-electron chi connectivity index (χ4n) is 4.58. The van der Waals surface area contributed by atoms with Gasteiger partial charge in [0.05, 0.1) is 17.5 Å². The molecule has 0 amide bonds. The molecule has 0 unspecified atom stereocenters. The molecule has 9 heteroatoms. The molecule has 2 aliphatic rings. The molecule has 0 bridgehead atoms. The molecular formula is C22H18F2N4O3. The van der Waals surface area contributed by atoms with Crippen LogP contribution in [0.2, 0.25) is 0 Å². The lowest BCUT2D eigenvalue weighted by Gasteiger charge is -2.34. The molecule has 158 valence electrons. The van der Waals surface area contributed by atoms with Gasteiger partial charge in [-0.1, -0.05) is 12.1 Å². The van der Waals surface area contributed by atoms with Crippen molar-refractivity contribution in [3.05, 3.63) is 76.0 Å². The molecule has 0 saturated heterocycles. The van der Waals surface area contributed by atoms with E-state index >= 15 is 0 Å². The van der Waals surface area contributed by atoms with Crippen molar-refractivity contribution in [3.8, 4) is 5.88 Å². The first kappa shape index (κ1) is 18.3. The van der Waals surface area contributed by atoms with E-state index in [4.69, 9.17) is 9.26 Å². The van der Waals surface area contributed by atoms with Crippen LogP contribution in [-0.4, -0.2) is 25.6 Å². The summed E-state index contributed by atoms with van der Waals surface area (Å²) in [5.41, 5.74) is 0.859. The van der Waals surface area contributed by atoms with Gasteiger partial charge in [0, 0.05) is 25.3 Å². The number of fused-ring (bicyclic) bond motifs is 2. The summed E-state index contributed by atoms with van der Waals surface area (Å²) in [6, 6.07) is 10.4. The molecule has 0 N–H and O–H groups in total. The highest BCUT2D eigenvalue weighted by atomic mass is 19.1. The van der Waals surface area contributed by atoms with E-state index in [2.05, 4.69) is 10.3 Å². The third-order valence-electron chi connectivity index (χ3n) is 6.16. The van der Waals surface area contributed by atoms with Crippen LogP contribution in [0.5, 0.6) is 5.88 Å². The normalized spacial score (nSPS) is 22.5. The zero-order chi connectivity index (χ0) is 21.1. The molecule has 1 aliphatic carbocycles. The summed E-state index contributed by atoms with van der Waals surface area (Å²) < 4.78 is 41.6. The third-order valence-corrected chi connectivity index (χ3v) is 6.16. The second-order valence-electron chi connectivity index (χ2n) is 8.12. The minimum atomic E-state index is -0.650. The molecule has 6 rings (SSSR count). The average molecular weight is 424 g/mol. The van der Waals surface area contributed by atoms with E-state index in [1.807, 2.05) is 24.3 Å². The van der Waals surface area contributed by atoms with E-state index < -0.39 is 17.7 Å². The van der Waals surface area contributed by atoms with Crippen molar-refractivity contribution in [2.24, 2.45) is 0 Å². The molecule has 1 aliphatic heterocycles. The van der Waals surface area contributed by atoms with Gasteiger partial charge < -0.3 is 9.26 Å². The molecule has 31 heavy (non-hydrogen) atoms. The van der Waals surface area contributed by atoms with Gasteiger partial charge in [-0.25, -0.2) is 18.3 Å². The first-order valence-electron chi connectivity index (χ1n) is 10.2. The third kappa shape index (κ3) is 2.95. The van der Waals surface area contributed by atoms with Gasteiger partial charge >= 0.3 is 5.69 Å². The summed E-state index contributed by atoms with van der Waals surface area (Å²) in [7, 11) is 0. The number of halogens is 2. The average Bonchev–Trinajstić information content (AvgIpc) is 3.39. The van der Waals surface area contributed by atoms with Gasteiger partial charge in [0.1, 0.15) is 23.6 Å². The van der Waals surface area contributed by atoms with Crippen molar-refractivity contribution < 1.29 is 18.0 Å². The Hall–Kier alpha value is -3.49. The minimum absolute atomic E-state index is 0.0846. The van der Waals surface area contributed by atoms with Gasteiger partial charge in [0.2, 0.25) is 0 Å². The number of nitrogens with zero attached hydrogens (tertiary/aromatic N) is 4. The van der Waals surface area contributed by atoms with Crippen LogP contribution in [0.3, 0.4) is 0 Å². The molecule has 2 aromatic carbocycles. The van der Waals surface area contributed by atoms with E-state index in [0.717, 1.165) is 11.5 Å². The van der Waals surface area contributed by atoms with Crippen LogP contribution < -0.4 is 10.4 Å². The molecule has 0 radical (unpaired) electrons. The predicted octanol–water partition coefficient (Wildman–Crippen LogP) is 3.78. The quantitative estimate of drug-likeness (QED) is 0.498. The number of aromatic nitrogens is 4. The van der Waals surface area contributed by atoms with Crippen LogP contribution in [0, 0.1) is 11.6 Å². The fraction of sp³-hybridized carbons (Fsp3) is 0.318. The van der Waals surface area contributed by atoms with Crippen molar-refractivity contribution in [2.75, 3.05) is 0 Å². The Bertz CT molecular complexity index is 1330. The van der Waals surface area contributed by atoms with Crippen LogP contribution >= 0.6 is 0 Å². The molecule has 2 aromatic heterocycles. The molecule has 1 fully saturated rings. The number of benzene rings is 2. The SMILES string of the molecule is O=c1n(C2CC(Oc3noc4ccccc34)C2)nc2n1[C@H](c1cc(F)cc(F)c1)CC2. The van der Waals surface area contributed by atoms with Gasteiger partial charge in [-0.2, -0.15) is 5.10 Å². The van der Waals surface area contributed by atoms with Crippen molar-refractivity contribution in [1.29, 1.82) is 0 Å². The van der Waals surface area contributed by atoms with Gasteiger partial charge in [0.25, 0.3) is 5.88 Å². The highest BCUT2D eigenvalue weighted by Crippen LogP contribution is 2.37. The number of rotatable bonds is 4. The van der Waals surface area contributed by atoms with Crippen LogP contribution in [0.15, 0.2) is 51.8 Å². The number of para-hydroxylation sites is 1. The Kier molecular flexibility index (Phi) is 3.99. The van der Waals surface area contributed by atoms with Crippen LogP contribution in [-0.2, 0) is 6.42 Å². The van der Waals surface area contributed by atoms with E-state index in [1.54, 1.807) is 4.57 Å². The second kappa shape index (κ2) is 6.76. The summed E-state index contributed by atoms with van der Waals surface area (Å²) in [4.78, 5) is 13.1. The number of aryl methyl sites for hydroxylation is 1. The number of hydrogen-bond donors (Lipinski definition) is 0. The standard InChI is InChI=1S/C22H18F2N4O3/c23-13-7-12(8-14(24)9-13)18-5-6-20-25-28(22(29)27(18)20)15-10-16(11-15)30-21-17-3-1-2-4-19(17)31-26-21/h1-4,7-9,15-16,18H,5-6,10-11H2/t15?,16?,18-/m0/s1. The molecule has 1 saturated carbocycles. The summed E-state index contributed by atoms with van der Waals surface area (Å²) >= 11 is 0. The molecule has 1 atom stereocenters. The Morgan fingerprint density at radius 2 is 1.87 bits per heavy atom. The smallest absolute Gasteiger partial charge is 0.346 e. The maximum absolute atomic E-state index is 13.7. The van der Waals surface area contributed by atoms with Gasteiger partial charge in [-0.15, -0.1) is 0 Å². The summed E-state index contributed by atoms with van der Waals surface area (Å²) in [5.74, 6) is -0.204. The lowest BCUT2D eigenvalue weighted by molar-refractivity contribution is 0.0566. The Labute approximate surface area is 174 Å². The minimum Gasteiger partial charge on any atom is -0.472 e. The first-order chi connectivity index (χ1) is 15.1. The molecule has 4 aromatic rings. The van der Waals surface area contributed by atoms with E-state index in [0.29, 0.717) is 48.5 Å². The summed E-state index contributed by atoms with van der Waals surface area (Å²) in [6.07, 6.45) is 2.34. The lowest BCUT2D eigenvalue weighted by atomic mass is 9.89. The van der Waals surface area contributed by atoms with E-state index in [-0.39, 0.29) is 17.8 Å². The van der Waals surface area contributed by atoms with E-state index in [1.165, 1.54) is 16.8 Å². The molecule has 0 spiro atoms. The fourth-order valence-corrected chi connectivity index (χ4v) is 4.58. The molecule has 3 heterocycles. The maximum atomic E-state index is 13.7. The summed E-state index contributed by atoms with van der Waals surface area (Å²) in [5, 5.41) is 9.30. The highest BCUT2D eigenvalue weighted by molar-refractivity contribution is 5.81. The van der Waals surface area contributed by atoms with Crippen molar-refractivity contribution in [1.82, 2.24) is 19.5 Å². The van der Waals surface area contributed by atoms with Crippen LogP contribution in [0.4, 0.5) is 8.78 Å². The highest BCUT2D eigenvalue weighted by Gasteiger charge is 2.38. The largest absolute Gasteiger partial charge is 0.472 e. The second-order valence-corrected chi connectivity index (χ2v) is 8.12. The zero-order valence-corrected chi connectivity index (χ0v) is 16.4.